The van der Waals surface area contributed by atoms with Crippen molar-refractivity contribution in [3.8, 4) is 0 Å². The lowest BCUT2D eigenvalue weighted by molar-refractivity contribution is -0.141. The molecular weight excluding hydrogens is 282 g/mol. The molecule has 2 rings (SSSR count). The number of aromatic nitrogens is 2. The first-order valence-corrected chi connectivity index (χ1v) is 6.13. The Balaban J connectivity index is 2.36. The molecule has 104 valence electrons. The number of esters is 1. The van der Waals surface area contributed by atoms with Crippen molar-refractivity contribution in [1.29, 1.82) is 0 Å². The Morgan fingerprint density at radius 1 is 1.40 bits per heavy atom. The number of hydrogen-bond donors (Lipinski definition) is 2. The molecule has 1 unspecified atom stereocenters. The Hall–Kier alpha value is -2.34. The lowest BCUT2D eigenvalue weighted by atomic mass is 10.1. The quantitative estimate of drug-likeness (QED) is 0.839. The number of anilines is 1. The van der Waals surface area contributed by atoms with Crippen LogP contribution in [0.15, 0.2) is 41.5 Å². The Morgan fingerprint density at radius 2 is 2.10 bits per heavy atom. The maximum Gasteiger partial charge on any atom is 0.333 e. The summed E-state index contributed by atoms with van der Waals surface area (Å²) in [5.74, 6) is -0.385. The van der Waals surface area contributed by atoms with Crippen LogP contribution in [0, 0.1) is 0 Å². The summed E-state index contributed by atoms with van der Waals surface area (Å²) in [7, 11) is 1.28. The fourth-order valence-corrected chi connectivity index (χ4v) is 1.82. The minimum atomic E-state index is -0.798. The van der Waals surface area contributed by atoms with E-state index < -0.39 is 17.6 Å². The molecule has 0 aliphatic rings. The number of rotatable bonds is 4. The van der Waals surface area contributed by atoms with Gasteiger partial charge < -0.3 is 15.0 Å². The molecule has 0 spiro atoms. The normalized spacial score (nSPS) is 11.7. The molecular formula is C13H12ClN3O3. The van der Waals surface area contributed by atoms with Crippen LogP contribution in [0.5, 0.6) is 0 Å². The third kappa shape index (κ3) is 2.97. The van der Waals surface area contributed by atoms with Gasteiger partial charge >= 0.3 is 5.97 Å². The lowest BCUT2D eigenvalue weighted by Crippen LogP contribution is -2.24. The van der Waals surface area contributed by atoms with Crippen molar-refractivity contribution in [3.05, 3.63) is 57.6 Å². The van der Waals surface area contributed by atoms with E-state index in [0.717, 1.165) is 0 Å². The van der Waals surface area contributed by atoms with Gasteiger partial charge in [-0.05, 0) is 5.56 Å². The number of carbonyl (C=O) groups is 1. The number of nitrogens with one attached hydrogen (secondary N) is 2. The minimum Gasteiger partial charge on any atom is -0.467 e. The zero-order valence-corrected chi connectivity index (χ0v) is 11.3. The number of hydrogen-bond acceptors (Lipinski definition) is 5. The molecule has 0 saturated heterocycles. The molecule has 6 nitrogen and oxygen atoms in total. The topological polar surface area (TPSA) is 84.1 Å². The average molecular weight is 294 g/mol. The molecule has 0 aliphatic carbocycles. The van der Waals surface area contributed by atoms with Gasteiger partial charge in [-0.25, -0.2) is 9.78 Å². The number of nitrogens with zero attached hydrogens (tertiary/aromatic N) is 1. The number of aromatic amines is 1. The van der Waals surface area contributed by atoms with Crippen LogP contribution in [0.25, 0.3) is 0 Å². The van der Waals surface area contributed by atoms with E-state index in [2.05, 4.69) is 15.3 Å². The Bertz CT molecular complexity index is 657. The Kier molecular flexibility index (Phi) is 4.37. The van der Waals surface area contributed by atoms with E-state index in [1.54, 1.807) is 24.3 Å². The first-order valence-electron chi connectivity index (χ1n) is 5.76. The molecule has 0 aliphatic heterocycles. The van der Waals surface area contributed by atoms with Crippen LogP contribution < -0.4 is 10.9 Å². The van der Waals surface area contributed by atoms with Crippen molar-refractivity contribution >= 4 is 23.4 Å². The van der Waals surface area contributed by atoms with Gasteiger partial charge in [0.2, 0.25) is 0 Å². The zero-order chi connectivity index (χ0) is 14.5. The summed E-state index contributed by atoms with van der Waals surface area (Å²) in [6, 6.07) is 8.13. The molecule has 20 heavy (non-hydrogen) atoms. The number of carbonyl (C=O) groups excluding carboxylic acids is 1. The molecule has 1 aromatic carbocycles. The van der Waals surface area contributed by atoms with Gasteiger partial charge in [0.05, 0.1) is 13.4 Å². The number of halogens is 1. The van der Waals surface area contributed by atoms with E-state index in [0.29, 0.717) is 5.56 Å². The Labute approximate surface area is 119 Å². The van der Waals surface area contributed by atoms with Crippen LogP contribution in [0.4, 0.5) is 5.82 Å². The van der Waals surface area contributed by atoms with Crippen molar-refractivity contribution in [1.82, 2.24) is 9.97 Å². The molecule has 0 radical (unpaired) electrons. The maximum atomic E-state index is 11.9. The number of ether oxygens (including phenoxy) is 1. The molecule has 0 fully saturated rings. The third-order valence-corrected chi connectivity index (χ3v) is 3.00. The number of H-pyrrole nitrogens is 1. The lowest BCUT2D eigenvalue weighted by Gasteiger charge is -2.17. The molecule has 0 bridgehead atoms. The summed E-state index contributed by atoms with van der Waals surface area (Å²) in [5, 5.41) is 2.70. The molecule has 2 aromatic rings. The van der Waals surface area contributed by atoms with Crippen LogP contribution >= 0.6 is 11.6 Å². The summed E-state index contributed by atoms with van der Waals surface area (Å²) in [6.45, 7) is 0. The van der Waals surface area contributed by atoms with Gasteiger partial charge in [-0.15, -0.1) is 0 Å². The van der Waals surface area contributed by atoms with Gasteiger partial charge in [0.25, 0.3) is 5.56 Å². The highest BCUT2D eigenvalue weighted by molar-refractivity contribution is 6.32. The highest BCUT2D eigenvalue weighted by Crippen LogP contribution is 2.22. The van der Waals surface area contributed by atoms with E-state index in [1.807, 2.05) is 6.07 Å². The predicted octanol–water partition coefficient (Wildman–Crippen LogP) is 1.75. The fraction of sp³-hybridized carbons (Fsp3) is 0.154. The van der Waals surface area contributed by atoms with E-state index in [-0.39, 0.29) is 10.8 Å². The predicted molar refractivity (Wildman–Crippen MR) is 74.7 cm³/mol. The monoisotopic (exact) mass is 293 g/mol. The van der Waals surface area contributed by atoms with Crippen LogP contribution in [-0.4, -0.2) is 23.0 Å². The average Bonchev–Trinajstić information content (AvgIpc) is 2.49. The van der Waals surface area contributed by atoms with E-state index in [4.69, 9.17) is 16.3 Å². The maximum absolute atomic E-state index is 11.9. The largest absolute Gasteiger partial charge is 0.467 e. The van der Waals surface area contributed by atoms with Crippen LogP contribution in [0.1, 0.15) is 11.6 Å². The summed E-state index contributed by atoms with van der Waals surface area (Å²) in [6.07, 6.45) is 1.20. The van der Waals surface area contributed by atoms with Crippen LogP contribution in [-0.2, 0) is 9.53 Å². The van der Waals surface area contributed by atoms with Crippen molar-refractivity contribution in [3.63, 3.8) is 0 Å². The number of benzene rings is 1. The first kappa shape index (κ1) is 14.1. The van der Waals surface area contributed by atoms with E-state index in [1.165, 1.54) is 13.4 Å². The van der Waals surface area contributed by atoms with Gasteiger partial charge in [-0.3, -0.25) is 4.79 Å². The van der Waals surface area contributed by atoms with Gasteiger partial charge in [-0.1, -0.05) is 41.9 Å². The molecule has 1 heterocycles. The van der Waals surface area contributed by atoms with Crippen molar-refractivity contribution in [2.24, 2.45) is 0 Å². The second kappa shape index (κ2) is 6.21. The third-order valence-electron chi connectivity index (χ3n) is 2.65. The van der Waals surface area contributed by atoms with Crippen LogP contribution in [0.3, 0.4) is 0 Å². The summed E-state index contributed by atoms with van der Waals surface area (Å²) < 4.78 is 4.75. The molecule has 2 N–H and O–H groups in total. The fourth-order valence-electron chi connectivity index (χ4n) is 1.66. The van der Waals surface area contributed by atoms with E-state index >= 15 is 0 Å². The van der Waals surface area contributed by atoms with Crippen LogP contribution in [0.2, 0.25) is 5.02 Å². The standard InChI is InChI=1S/C13H12ClN3O3/c1-20-13(19)10(8-5-3-2-4-6-8)17-11-9(14)12(18)16-7-15-11/h2-7,10H,1H3,(H2,15,16,17,18). The smallest absolute Gasteiger partial charge is 0.333 e. The second-order valence-corrected chi connectivity index (χ2v) is 4.28. The molecule has 0 saturated carbocycles. The SMILES string of the molecule is COC(=O)C(Nc1nc[nH]c(=O)c1Cl)c1ccccc1. The molecule has 7 heteroatoms. The summed E-state index contributed by atoms with van der Waals surface area (Å²) in [4.78, 5) is 29.5. The van der Waals surface area contributed by atoms with Gasteiger partial charge in [0.15, 0.2) is 11.9 Å². The van der Waals surface area contributed by atoms with Crippen molar-refractivity contribution in [2.75, 3.05) is 12.4 Å². The van der Waals surface area contributed by atoms with Gasteiger partial charge in [0, 0.05) is 0 Å². The first-order chi connectivity index (χ1) is 9.63. The highest BCUT2D eigenvalue weighted by atomic mass is 35.5. The minimum absolute atomic E-state index is 0.114. The Morgan fingerprint density at radius 3 is 2.75 bits per heavy atom. The molecule has 1 aromatic heterocycles. The molecule has 0 amide bonds. The summed E-state index contributed by atoms with van der Waals surface area (Å²) >= 11 is 5.85. The number of methoxy groups -OCH3 is 1. The van der Waals surface area contributed by atoms with Gasteiger partial charge in [0.1, 0.15) is 5.02 Å². The van der Waals surface area contributed by atoms with Gasteiger partial charge in [-0.2, -0.15) is 0 Å². The van der Waals surface area contributed by atoms with Crippen molar-refractivity contribution < 1.29 is 9.53 Å². The second-order valence-electron chi connectivity index (χ2n) is 3.91. The molecule has 1 atom stereocenters. The zero-order valence-electron chi connectivity index (χ0n) is 10.6. The highest BCUT2D eigenvalue weighted by Gasteiger charge is 2.23. The van der Waals surface area contributed by atoms with Crippen molar-refractivity contribution in [2.45, 2.75) is 6.04 Å². The summed E-state index contributed by atoms with van der Waals surface area (Å²) in [5.41, 5.74) is 0.193. The van der Waals surface area contributed by atoms with E-state index in [9.17, 15) is 9.59 Å².